The van der Waals surface area contributed by atoms with Gasteiger partial charge in [0.05, 0.1) is 6.61 Å². The van der Waals surface area contributed by atoms with Crippen molar-refractivity contribution >= 4 is 11.9 Å². The first-order valence-corrected chi connectivity index (χ1v) is 8.76. The molecule has 0 aliphatic carbocycles. The molecule has 0 radical (unpaired) electrons. The molecular weight excluding hydrogens is 306 g/mol. The second kappa shape index (κ2) is 11.6. The maximum Gasteiger partial charge on any atom is 0.327 e. The summed E-state index contributed by atoms with van der Waals surface area (Å²) >= 11 is 0. The van der Waals surface area contributed by atoms with E-state index in [1.54, 1.807) is 19.1 Å². The Morgan fingerprint density at radius 1 is 1.04 bits per heavy atom. The van der Waals surface area contributed by atoms with Crippen molar-refractivity contribution in [3.63, 3.8) is 0 Å². The zero-order valence-corrected chi connectivity index (χ0v) is 14.7. The molecule has 0 heterocycles. The van der Waals surface area contributed by atoms with Crippen LogP contribution < -0.4 is 5.73 Å². The number of rotatable bonds is 11. The summed E-state index contributed by atoms with van der Waals surface area (Å²) in [6.07, 6.45) is 4.76. The Morgan fingerprint density at radius 2 is 1.71 bits per heavy atom. The Kier molecular flexibility index (Phi) is 9.77. The molecule has 0 fully saturated rings. The number of ether oxygens (including phenoxy) is 2. The first-order chi connectivity index (χ1) is 11.6. The summed E-state index contributed by atoms with van der Waals surface area (Å²) in [7, 11) is 0. The number of esters is 2. The van der Waals surface area contributed by atoms with Gasteiger partial charge in [-0.15, -0.1) is 0 Å². The van der Waals surface area contributed by atoms with Gasteiger partial charge in [0.15, 0.2) is 6.10 Å². The van der Waals surface area contributed by atoms with Crippen LogP contribution in [0, 0.1) is 0 Å². The fourth-order valence-electron chi connectivity index (χ4n) is 2.43. The molecule has 1 rings (SSSR count). The summed E-state index contributed by atoms with van der Waals surface area (Å²) in [4.78, 5) is 24.0. The molecule has 0 saturated heterocycles. The highest BCUT2D eigenvalue weighted by Gasteiger charge is 2.30. The number of benzene rings is 1. The third kappa shape index (κ3) is 7.13. The normalized spacial score (nSPS) is 13.1. The molecule has 0 aromatic heterocycles. The predicted octanol–water partition coefficient (Wildman–Crippen LogP) is 3.52. The molecular formula is C19H29NO4. The maximum atomic E-state index is 12.1. The lowest BCUT2D eigenvalue weighted by Gasteiger charge is -2.23. The topological polar surface area (TPSA) is 78.6 Å². The van der Waals surface area contributed by atoms with Gasteiger partial charge in [0, 0.05) is 6.42 Å². The molecule has 0 bridgehead atoms. The van der Waals surface area contributed by atoms with Crippen LogP contribution >= 0.6 is 0 Å². The van der Waals surface area contributed by atoms with Gasteiger partial charge < -0.3 is 15.2 Å². The first-order valence-electron chi connectivity index (χ1n) is 8.76. The van der Waals surface area contributed by atoms with Gasteiger partial charge in [-0.3, -0.25) is 9.59 Å². The van der Waals surface area contributed by atoms with Crippen LogP contribution in [0.5, 0.6) is 0 Å². The molecule has 5 nitrogen and oxygen atoms in total. The summed E-state index contributed by atoms with van der Waals surface area (Å²) in [6.45, 7) is 4.10. The Balaban J connectivity index is 2.65. The minimum absolute atomic E-state index is 0.236. The van der Waals surface area contributed by atoms with Gasteiger partial charge in [-0.05, 0) is 18.9 Å². The van der Waals surface area contributed by atoms with Gasteiger partial charge in [0.2, 0.25) is 0 Å². The average Bonchev–Trinajstić information content (AvgIpc) is 2.60. The van der Waals surface area contributed by atoms with Gasteiger partial charge in [0.25, 0.3) is 0 Å². The van der Waals surface area contributed by atoms with Gasteiger partial charge in [-0.1, -0.05) is 62.9 Å². The number of carbonyl (C=O) groups is 2. The smallest absolute Gasteiger partial charge is 0.327 e. The monoisotopic (exact) mass is 335 g/mol. The van der Waals surface area contributed by atoms with E-state index in [0.717, 1.165) is 25.7 Å². The van der Waals surface area contributed by atoms with E-state index in [-0.39, 0.29) is 12.6 Å². The van der Waals surface area contributed by atoms with Crippen molar-refractivity contribution in [1.29, 1.82) is 0 Å². The molecule has 0 spiro atoms. The molecule has 0 aliphatic rings. The lowest BCUT2D eigenvalue weighted by Crippen LogP contribution is -2.40. The molecule has 1 aromatic rings. The van der Waals surface area contributed by atoms with Crippen molar-refractivity contribution in [1.82, 2.24) is 0 Å². The summed E-state index contributed by atoms with van der Waals surface area (Å²) < 4.78 is 10.5. The first kappa shape index (κ1) is 20.2. The third-order valence-corrected chi connectivity index (χ3v) is 3.76. The van der Waals surface area contributed by atoms with E-state index in [4.69, 9.17) is 15.2 Å². The molecule has 24 heavy (non-hydrogen) atoms. The van der Waals surface area contributed by atoms with Crippen LogP contribution in [0.3, 0.4) is 0 Å². The van der Waals surface area contributed by atoms with Gasteiger partial charge in [-0.25, -0.2) is 0 Å². The fourth-order valence-corrected chi connectivity index (χ4v) is 2.43. The van der Waals surface area contributed by atoms with Crippen LogP contribution in [0.1, 0.15) is 64.0 Å². The number of nitrogens with two attached hydrogens (primary N) is 1. The molecule has 0 amide bonds. The van der Waals surface area contributed by atoms with Crippen molar-refractivity contribution in [3.8, 4) is 0 Å². The Bertz CT molecular complexity index is 489. The third-order valence-electron chi connectivity index (χ3n) is 3.76. The van der Waals surface area contributed by atoms with Crippen molar-refractivity contribution in [2.75, 3.05) is 6.61 Å². The highest BCUT2D eigenvalue weighted by Crippen LogP contribution is 2.22. The Hall–Kier alpha value is -1.88. The predicted molar refractivity (Wildman–Crippen MR) is 93.3 cm³/mol. The molecule has 2 atom stereocenters. The quantitative estimate of drug-likeness (QED) is 0.494. The minimum atomic E-state index is -1.03. The van der Waals surface area contributed by atoms with E-state index >= 15 is 0 Å². The van der Waals surface area contributed by atoms with Crippen molar-refractivity contribution in [2.24, 2.45) is 5.73 Å². The number of hydrogen-bond acceptors (Lipinski definition) is 5. The number of hydrogen-bond donors (Lipinski definition) is 1. The minimum Gasteiger partial charge on any atom is -0.465 e. The molecule has 5 heteroatoms. The number of unbranched alkanes of at least 4 members (excludes halogenated alkanes) is 4. The zero-order chi connectivity index (χ0) is 17.8. The Morgan fingerprint density at radius 3 is 2.33 bits per heavy atom. The molecule has 134 valence electrons. The molecule has 2 N–H and O–H groups in total. The van der Waals surface area contributed by atoms with Crippen LogP contribution in [0.25, 0.3) is 0 Å². The van der Waals surface area contributed by atoms with Crippen molar-refractivity contribution < 1.29 is 19.1 Å². The molecule has 0 aliphatic heterocycles. The Labute approximate surface area is 144 Å². The molecule has 1 aromatic carbocycles. The fraction of sp³-hybridized carbons (Fsp3) is 0.579. The number of carbonyl (C=O) groups excluding carboxylic acids is 2. The highest BCUT2D eigenvalue weighted by molar-refractivity contribution is 5.77. The SMILES string of the molecule is CCCCCCCC(=O)OC(c1ccccc1)C(N)C(=O)OCC. The summed E-state index contributed by atoms with van der Waals surface area (Å²) in [5.41, 5.74) is 6.66. The largest absolute Gasteiger partial charge is 0.465 e. The van der Waals surface area contributed by atoms with E-state index in [1.807, 2.05) is 18.2 Å². The maximum absolute atomic E-state index is 12.1. The summed E-state index contributed by atoms with van der Waals surface area (Å²) in [5, 5.41) is 0. The molecule has 2 unspecified atom stereocenters. The van der Waals surface area contributed by atoms with E-state index in [9.17, 15) is 9.59 Å². The van der Waals surface area contributed by atoms with Crippen LogP contribution in [-0.2, 0) is 19.1 Å². The van der Waals surface area contributed by atoms with Crippen LogP contribution in [0.4, 0.5) is 0 Å². The van der Waals surface area contributed by atoms with Crippen molar-refractivity contribution in [2.45, 2.75) is 64.5 Å². The van der Waals surface area contributed by atoms with Crippen LogP contribution in [0.2, 0.25) is 0 Å². The highest BCUT2D eigenvalue weighted by atomic mass is 16.6. The molecule has 0 saturated carbocycles. The second-order valence-electron chi connectivity index (χ2n) is 5.76. The van der Waals surface area contributed by atoms with Gasteiger partial charge in [-0.2, -0.15) is 0 Å². The van der Waals surface area contributed by atoms with E-state index in [2.05, 4.69) is 6.92 Å². The lowest BCUT2D eigenvalue weighted by molar-refractivity contribution is -0.157. The van der Waals surface area contributed by atoms with E-state index in [0.29, 0.717) is 12.0 Å². The standard InChI is InChI=1S/C19H29NO4/c1-3-5-6-7-11-14-16(21)24-18(15-12-9-8-10-13-15)17(20)19(22)23-4-2/h8-10,12-13,17-18H,3-7,11,14,20H2,1-2H3. The van der Waals surface area contributed by atoms with Gasteiger partial charge >= 0.3 is 11.9 Å². The van der Waals surface area contributed by atoms with Gasteiger partial charge in [0.1, 0.15) is 6.04 Å². The second-order valence-corrected chi connectivity index (χ2v) is 5.76. The van der Waals surface area contributed by atoms with E-state index < -0.39 is 18.1 Å². The van der Waals surface area contributed by atoms with Crippen LogP contribution in [0.15, 0.2) is 30.3 Å². The van der Waals surface area contributed by atoms with E-state index in [1.165, 1.54) is 6.42 Å². The van der Waals surface area contributed by atoms with Crippen LogP contribution in [-0.4, -0.2) is 24.6 Å². The zero-order valence-electron chi connectivity index (χ0n) is 14.7. The van der Waals surface area contributed by atoms with Crippen molar-refractivity contribution in [3.05, 3.63) is 35.9 Å². The summed E-state index contributed by atoms with van der Waals surface area (Å²) in [5.74, 6) is -0.901. The summed E-state index contributed by atoms with van der Waals surface area (Å²) in [6, 6.07) is 8.04. The lowest BCUT2D eigenvalue weighted by atomic mass is 10.0. The average molecular weight is 335 g/mol.